The minimum atomic E-state index is -0.136. The second-order valence-electron chi connectivity index (χ2n) is 6.22. The number of aromatic nitrogens is 1. The zero-order valence-corrected chi connectivity index (χ0v) is 14.2. The Morgan fingerprint density at radius 2 is 2.33 bits per heavy atom. The van der Waals surface area contributed by atoms with Gasteiger partial charge in [-0.15, -0.1) is 11.3 Å². The summed E-state index contributed by atoms with van der Waals surface area (Å²) in [5.74, 6) is 0. The van der Waals surface area contributed by atoms with Crippen LogP contribution in [0.15, 0.2) is 5.38 Å². The molecule has 6 heteroatoms. The fourth-order valence-corrected chi connectivity index (χ4v) is 3.45. The number of nitrogens with one attached hydrogen (secondary N) is 2. The van der Waals surface area contributed by atoms with E-state index >= 15 is 0 Å². The van der Waals surface area contributed by atoms with Crippen LogP contribution in [0.2, 0.25) is 0 Å². The molecule has 1 saturated carbocycles. The number of carbonyl (C=O) groups excluding carboxylic acids is 1. The Morgan fingerprint density at radius 1 is 1.62 bits per heavy atom. The number of aryl methyl sites for hydroxylation is 1. The van der Waals surface area contributed by atoms with Gasteiger partial charge in [0.05, 0.1) is 12.1 Å². The van der Waals surface area contributed by atoms with E-state index in [4.69, 9.17) is 4.74 Å². The van der Waals surface area contributed by atoms with Crippen LogP contribution in [0.1, 0.15) is 50.9 Å². The second kappa shape index (κ2) is 6.32. The molecule has 2 rings (SSSR count). The molecule has 1 aromatic rings. The molecule has 0 spiro atoms. The second-order valence-corrected chi connectivity index (χ2v) is 7.11. The minimum absolute atomic E-state index is 0.0195. The summed E-state index contributed by atoms with van der Waals surface area (Å²) in [6.07, 6.45) is 1.10. The predicted octanol–water partition coefficient (Wildman–Crippen LogP) is 3.02. The molecule has 1 fully saturated rings. The van der Waals surface area contributed by atoms with Gasteiger partial charge in [0.2, 0.25) is 0 Å². The number of rotatable bonds is 5. The summed E-state index contributed by atoms with van der Waals surface area (Å²) in [5, 5.41) is 8.93. The lowest BCUT2D eigenvalue weighted by Gasteiger charge is -2.51. The monoisotopic (exact) mass is 311 g/mol. The van der Waals surface area contributed by atoms with E-state index in [1.165, 1.54) is 0 Å². The quantitative estimate of drug-likeness (QED) is 0.878. The number of hydrogen-bond donors (Lipinski definition) is 2. The first kappa shape index (κ1) is 16.2. The third kappa shape index (κ3) is 3.55. The molecule has 1 aromatic heterocycles. The summed E-state index contributed by atoms with van der Waals surface area (Å²) in [6, 6.07) is -0.0581. The lowest BCUT2D eigenvalue weighted by Crippen LogP contribution is -2.63. The van der Waals surface area contributed by atoms with Crippen LogP contribution in [0.25, 0.3) is 0 Å². The maximum Gasteiger partial charge on any atom is 0.315 e. The fraction of sp³-hybridized carbons (Fsp3) is 0.733. The lowest BCUT2D eigenvalue weighted by molar-refractivity contribution is -0.110. The van der Waals surface area contributed by atoms with Crippen LogP contribution >= 0.6 is 11.3 Å². The smallest absolute Gasteiger partial charge is 0.315 e. The number of thiazole rings is 1. The Labute approximate surface area is 130 Å². The van der Waals surface area contributed by atoms with Gasteiger partial charge in [-0.3, -0.25) is 0 Å². The van der Waals surface area contributed by atoms with Crippen molar-refractivity contribution in [1.82, 2.24) is 15.6 Å². The zero-order valence-electron chi connectivity index (χ0n) is 13.4. The van der Waals surface area contributed by atoms with Crippen molar-refractivity contribution in [2.24, 2.45) is 5.41 Å². The fourth-order valence-electron chi connectivity index (χ4n) is 2.64. The van der Waals surface area contributed by atoms with Crippen molar-refractivity contribution >= 4 is 17.4 Å². The summed E-state index contributed by atoms with van der Waals surface area (Å²) in [4.78, 5) is 16.5. The first-order chi connectivity index (χ1) is 9.84. The topological polar surface area (TPSA) is 63.2 Å². The van der Waals surface area contributed by atoms with Gasteiger partial charge in [0.15, 0.2) is 0 Å². The van der Waals surface area contributed by atoms with Gasteiger partial charge in [0, 0.05) is 29.1 Å². The number of nitrogens with zero attached hydrogens (tertiary/aromatic N) is 1. The molecule has 21 heavy (non-hydrogen) atoms. The highest BCUT2D eigenvalue weighted by atomic mass is 32.1. The van der Waals surface area contributed by atoms with E-state index in [0.717, 1.165) is 17.1 Å². The summed E-state index contributed by atoms with van der Waals surface area (Å²) in [6.45, 7) is 10.9. The number of carbonyl (C=O) groups is 1. The Kier molecular flexibility index (Phi) is 4.88. The molecule has 0 saturated heterocycles. The molecule has 0 aromatic carbocycles. The van der Waals surface area contributed by atoms with Crippen LogP contribution in [0.5, 0.6) is 0 Å². The summed E-state index contributed by atoms with van der Waals surface area (Å²) < 4.78 is 5.68. The van der Waals surface area contributed by atoms with Crippen molar-refractivity contribution in [2.45, 2.75) is 59.2 Å². The van der Waals surface area contributed by atoms with E-state index in [1.54, 1.807) is 11.3 Å². The molecule has 0 bridgehead atoms. The van der Waals surface area contributed by atoms with E-state index in [9.17, 15) is 4.79 Å². The lowest BCUT2D eigenvalue weighted by atomic mass is 9.64. The minimum Gasteiger partial charge on any atom is -0.378 e. The van der Waals surface area contributed by atoms with E-state index in [0.29, 0.717) is 6.61 Å². The maximum absolute atomic E-state index is 12.1. The van der Waals surface area contributed by atoms with Crippen molar-refractivity contribution < 1.29 is 9.53 Å². The van der Waals surface area contributed by atoms with Crippen LogP contribution in [0.3, 0.4) is 0 Å². The Hall–Kier alpha value is -1.14. The average molecular weight is 311 g/mol. The van der Waals surface area contributed by atoms with Crippen LogP contribution < -0.4 is 10.6 Å². The summed E-state index contributed by atoms with van der Waals surface area (Å²) in [7, 11) is 0. The molecule has 0 aliphatic heterocycles. The highest BCUT2D eigenvalue weighted by Gasteiger charge is 2.49. The molecule has 5 nitrogen and oxygen atoms in total. The number of amides is 2. The normalized spacial score (nSPS) is 25.0. The molecule has 1 aliphatic rings. The van der Waals surface area contributed by atoms with Gasteiger partial charge in [0.1, 0.15) is 5.01 Å². The third-order valence-corrected chi connectivity index (χ3v) is 5.35. The van der Waals surface area contributed by atoms with E-state index in [-0.39, 0.29) is 29.6 Å². The third-order valence-electron chi connectivity index (χ3n) is 4.21. The molecule has 3 atom stereocenters. The molecule has 1 heterocycles. The van der Waals surface area contributed by atoms with Gasteiger partial charge >= 0.3 is 6.03 Å². The molecular weight excluding hydrogens is 286 g/mol. The summed E-state index contributed by atoms with van der Waals surface area (Å²) >= 11 is 1.57. The molecule has 0 radical (unpaired) electrons. The van der Waals surface area contributed by atoms with Gasteiger partial charge in [-0.1, -0.05) is 13.8 Å². The number of ether oxygens (including phenoxy) is 1. The van der Waals surface area contributed by atoms with Gasteiger partial charge in [-0.05, 0) is 27.2 Å². The van der Waals surface area contributed by atoms with Gasteiger partial charge in [0.25, 0.3) is 0 Å². The molecule has 2 amide bonds. The van der Waals surface area contributed by atoms with Gasteiger partial charge < -0.3 is 15.4 Å². The van der Waals surface area contributed by atoms with Crippen molar-refractivity contribution in [2.75, 3.05) is 6.61 Å². The van der Waals surface area contributed by atoms with Crippen LogP contribution in [-0.4, -0.2) is 29.8 Å². The largest absolute Gasteiger partial charge is 0.378 e. The standard InChI is InChI=1S/C15H25N3O2S/c1-6-20-12-7-11(15(12,4)5)18-14(19)17-10(3)13-16-9(2)8-21-13/h8,10-12H,6-7H2,1-5H3,(H2,17,18,19)/t10-,11+,12-/m1/s1. The van der Waals surface area contributed by atoms with Crippen molar-refractivity contribution in [3.05, 3.63) is 16.1 Å². The SMILES string of the molecule is CCO[C@@H]1C[C@H](NC(=O)N[C@H](C)c2nc(C)cs2)C1(C)C. The first-order valence-electron chi connectivity index (χ1n) is 7.45. The first-order valence-corrected chi connectivity index (χ1v) is 8.33. The van der Waals surface area contributed by atoms with Gasteiger partial charge in [-0.2, -0.15) is 0 Å². The molecule has 2 N–H and O–H groups in total. The Balaban J connectivity index is 1.83. The maximum atomic E-state index is 12.1. The van der Waals surface area contributed by atoms with E-state index < -0.39 is 0 Å². The molecular formula is C15H25N3O2S. The number of urea groups is 1. The molecule has 118 valence electrons. The van der Waals surface area contributed by atoms with Crippen molar-refractivity contribution in [3.63, 3.8) is 0 Å². The van der Waals surface area contributed by atoms with Gasteiger partial charge in [-0.25, -0.2) is 9.78 Å². The molecule has 0 unspecified atom stereocenters. The van der Waals surface area contributed by atoms with Crippen molar-refractivity contribution in [3.8, 4) is 0 Å². The Bertz CT molecular complexity index is 501. The van der Waals surface area contributed by atoms with E-state index in [2.05, 4.69) is 29.5 Å². The van der Waals surface area contributed by atoms with Crippen LogP contribution in [0, 0.1) is 12.3 Å². The average Bonchev–Trinajstić information content (AvgIpc) is 2.84. The van der Waals surface area contributed by atoms with Crippen LogP contribution in [0.4, 0.5) is 4.79 Å². The van der Waals surface area contributed by atoms with Crippen LogP contribution in [-0.2, 0) is 4.74 Å². The number of hydrogen-bond acceptors (Lipinski definition) is 4. The highest BCUT2D eigenvalue weighted by Crippen LogP contribution is 2.42. The van der Waals surface area contributed by atoms with E-state index in [1.807, 2.05) is 26.2 Å². The predicted molar refractivity (Wildman–Crippen MR) is 84.5 cm³/mol. The zero-order chi connectivity index (χ0) is 15.6. The molecule has 1 aliphatic carbocycles. The Morgan fingerprint density at radius 3 is 2.86 bits per heavy atom. The summed E-state index contributed by atoms with van der Waals surface area (Å²) in [5.41, 5.74) is 0.970. The highest BCUT2D eigenvalue weighted by molar-refractivity contribution is 7.09. The van der Waals surface area contributed by atoms with Crippen molar-refractivity contribution in [1.29, 1.82) is 0 Å².